The molecule has 2 rings (SSSR count). The zero-order valence-corrected chi connectivity index (χ0v) is 12.2. The summed E-state index contributed by atoms with van der Waals surface area (Å²) >= 11 is 0. The van der Waals surface area contributed by atoms with E-state index >= 15 is 0 Å². The molecule has 0 aliphatic heterocycles. The molecule has 0 aromatic heterocycles. The van der Waals surface area contributed by atoms with Crippen LogP contribution in [0.15, 0.2) is 48.5 Å². The monoisotopic (exact) mass is 286 g/mol. The first-order valence-electron chi connectivity index (χ1n) is 6.65. The summed E-state index contributed by atoms with van der Waals surface area (Å²) in [6.07, 6.45) is 0. The van der Waals surface area contributed by atoms with Crippen molar-refractivity contribution in [3.8, 4) is 11.5 Å². The van der Waals surface area contributed by atoms with Gasteiger partial charge in [-0.05, 0) is 35.4 Å². The third kappa shape index (κ3) is 4.84. The van der Waals surface area contributed by atoms with E-state index in [1.165, 1.54) is 6.92 Å². The minimum atomic E-state index is -0.283. The van der Waals surface area contributed by atoms with E-state index in [1.807, 2.05) is 48.5 Å². The molecule has 0 amide bonds. The van der Waals surface area contributed by atoms with Gasteiger partial charge < -0.3 is 14.2 Å². The van der Waals surface area contributed by atoms with E-state index in [0.29, 0.717) is 6.61 Å². The van der Waals surface area contributed by atoms with E-state index in [0.717, 1.165) is 22.6 Å². The highest BCUT2D eigenvalue weighted by Gasteiger charge is 1.99. The van der Waals surface area contributed by atoms with Crippen LogP contribution in [0, 0.1) is 0 Å². The summed E-state index contributed by atoms with van der Waals surface area (Å²) in [4.78, 5) is 10.7. The summed E-state index contributed by atoms with van der Waals surface area (Å²) in [5, 5.41) is 0. The van der Waals surface area contributed by atoms with Gasteiger partial charge in [0.2, 0.25) is 0 Å². The summed E-state index contributed by atoms with van der Waals surface area (Å²) in [6.45, 7) is 2.17. The molecule has 0 spiro atoms. The van der Waals surface area contributed by atoms with E-state index in [9.17, 15) is 4.79 Å². The van der Waals surface area contributed by atoms with Gasteiger partial charge in [-0.25, -0.2) is 0 Å². The Balaban J connectivity index is 1.86. The molecule has 21 heavy (non-hydrogen) atoms. The highest BCUT2D eigenvalue weighted by atomic mass is 16.5. The molecule has 0 heterocycles. The zero-order valence-electron chi connectivity index (χ0n) is 12.2. The maximum absolute atomic E-state index is 10.7. The van der Waals surface area contributed by atoms with Gasteiger partial charge in [-0.2, -0.15) is 0 Å². The van der Waals surface area contributed by atoms with Crippen LogP contribution in [-0.2, 0) is 22.7 Å². The molecule has 0 bridgehead atoms. The fourth-order valence-electron chi connectivity index (χ4n) is 1.76. The van der Waals surface area contributed by atoms with Gasteiger partial charge in [-0.15, -0.1) is 0 Å². The first kappa shape index (κ1) is 14.9. The molecule has 0 atom stereocenters. The van der Waals surface area contributed by atoms with Gasteiger partial charge in [0.25, 0.3) is 0 Å². The number of ether oxygens (including phenoxy) is 3. The highest BCUT2D eigenvalue weighted by Crippen LogP contribution is 2.16. The summed E-state index contributed by atoms with van der Waals surface area (Å²) in [5.41, 5.74) is 2.00. The number of carbonyl (C=O) groups is 1. The Labute approximate surface area is 124 Å². The van der Waals surface area contributed by atoms with Crippen LogP contribution >= 0.6 is 0 Å². The molecule has 110 valence electrons. The Morgan fingerprint density at radius 1 is 0.857 bits per heavy atom. The molecular weight excluding hydrogens is 268 g/mol. The molecular formula is C17H18O4. The quantitative estimate of drug-likeness (QED) is 0.764. The minimum absolute atomic E-state index is 0.283. The number of benzene rings is 2. The number of esters is 1. The molecule has 0 fully saturated rings. The van der Waals surface area contributed by atoms with Crippen LogP contribution in [0.2, 0.25) is 0 Å². The predicted octanol–water partition coefficient (Wildman–Crippen LogP) is 3.34. The number of methoxy groups -OCH3 is 1. The van der Waals surface area contributed by atoms with Gasteiger partial charge in [0.1, 0.15) is 24.7 Å². The molecule has 4 nitrogen and oxygen atoms in total. The van der Waals surface area contributed by atoms with Crippen LogP contribution in [0.3, 0.4) is 0 Å². The third-order valence-electron chi connectivity index (χ3n) is 2.93. The average molecular weight is 286 g/mol. The molecule has 0 N–H and O–H groups in total. The van der Waals surface area contributed by atoms with E-state index in [2.05, 4.69) is 0 Å². The lowest BCUT2D eigenvalue weighted by atomic mass is 10.2. The fourth-order valence-corrected chi connectivity index (χ4v) is 1.76. The molecule has 0 aliphatic carbocycles. The molecule has 0 radical (unpaired) electrons. The number of hydrogen-bond donors (Lipinski definition) is 0. The number of hydrogen-bond acceptors (Lipinski definition) is 4. The second-order valence-electron chi connectivity index (χ2n) is 4.56. The molecule has 0 unspecified atom stereocenters. The predicted molar refractivity (Wildman–Crippen MR) is 79.2 cm³/mol. The Hall–Kier alpha value is -2.49. The van der Waals surface area contributed by atoms with Crippen molar-refractivity contribution in [1.82, 2.24) is 0 Å². The van der Waals surface area contributed by atoms with Crippen molar-refractivity contribution in [2.24, 2.45) is 0 Å². The Morgan fingerprint density at radius 2 is 1.38 bits per heavy atom. The normalized spacial score (nSPS) is 10.0. The van der Waals surface area contributed by atoms with Crippen molar-refractivity contribution in [1.29, 1.82) is 0 Å². The van der Waals surface area contributed by atoms with E-state index in [1.54, 1.807) is 7.11 Å². The molecule has 0 aliphatic rings. The van der Waals surface area contributed by atoms with Gasteiger partial charge >= 0.3 is 5.97 Å². The Kier molecular flexibility index (Phi) is 5.21. The lowest BCUT2D eigenvalue weighted by Gasteiger charge is -2.08. The molecule has 2 aromatic carbocycles. The maximum atomic E-state index is 10.7. The van der Waals surface area contributed by atoms with Gasteiger partial charge in [0.05, 0.1) is 7.11 Å². The molecule has 0 saturated heterocycles. The smallest absolute Gasteiger partial charge is 0.302 e. The second kappa shape index (κ2) is 7.33. The number of carbonyl (C=O) groups excluding carboxylic acids is 1. The fraction of sp³-hybridized carbons (Fsp3) is 0.235. The van der Waals surface area contributed by atoms with Crippen molar-refractivity contribution >= 4 is 5.97 Å². The van der Waals surface area contributed by atoms with Crippen LogP contribution in [-0.4, -0.2) is 13.1 Å². The first-order chi connectivity index (χ1) is 10.2. The van der Waals surface area contributed by atoms with Gasteiger partial charge in [-0.3, -0.25) is 4.79 Å². The van der Waals surface area contributed by atoms with Crippen LogP contribution < -0.4 is 9.47 Å². The number of rotatable bonds is 6. The van der Waals surface area contributed by atoms with Crippen LogP contribution in [0.5, 0.6) is 11.5 Å². The van der Waals surface area contributed by atoms with Crippen molar-refractivity contribution in [3.63, 3.8) is 0 Å². The summed E-state index contributed by atoms with van der Waals surface area (Å²) in [7, 11) is 1.64. The SMILES string of the molecule is COc1ccc(COc2ccc(COC(C)=O)cc2)cc1. The topological polar surface area (TPSA) is 44.8 Å². The molecule has 4 heteroatoms. The molecule has 0 saturated carbocycles. The van der Waals surface area contributed by atoms with Gasteiger partial charge in [0, 0.05) is 6.92 Å². The standard InChI is InChI=1S/C17H18O4/c1-13(18)20-11-14-5-9-17(10-6-14)21-12-15-3-7-16(19-2)8-4-15/h3-10H,11-12H2,1-2H3. The van der Waals surface area contributed by atoms with Gasteiger partial charge in [0.15, 0.2) is 0 Å². The second-order valence-corrected chi connectivity index (χ2v) is 4.56. The third-order valence-corrected chi connectivity index (χ3v) is 2.93. The van der Waals surface area contributed by atoms with Crippen LogP contribution in [0.25, 0.3) is 0 Å². The van der Waals surface area contributed by atoms with Crippen molar-refractivity contribution in [3.05, 3.63) is 59.7 Å². The van der Waals surface area contributed by atoms with Gasteiger partial charge in [-0.1, -0.05) is 24.3 Å². The highest BCUT2D eigenvalue weighted by molar-refractivity contribution is 5.65. The minimum Gasteiger partial charge on any atom is -0.497 e. The largest absolute Gasteiger partial charge is 0.497 e. The average Bonchev–Trinajstić information content (AvgIpc) is 2.52. The lowest BCUT2D eigenvalue weighted by Crippen LogP contribution is -1.99. The van der Waals surface area contributed by atoms with E-state index in [-0.39, 0.29) is 12.6 Å². The van der Waals surface area contributed by atoms with Crippen LogP contribution in [0.1, 0.15) is 18.1 Å². The first-order valence-corrected chi connectivity index (χ1v) is 6.65. The lowest BCUT2D eigenvalue weighted by molar-refractivity contribution is -0.142. The summed E-state index contributed by atoms with van der Waals surface area (Å²) < 4.78 is 15.7. The van der Waals surface area contributed by atoms with Crippen LogP contribution in [0.4, 0.5) is 0 Å². The van der Waals surface area contributed by atoms with E-state index < -0.39 is 0 Å². The molecule has 2 aromatic rings. The van der Waals surface area contributed by atoms with Crippen molar-refractivity contribution in [2.75, 3.05) is 7.11 Å². The zero-order chi connectivity index (χ0) is 15.1. The van der Waals surface area contributed by atoms with Crippen molar-refractivity contribution < 1.29 is 19.0 Å². The maximum Gasteiger partial charge on any atom is 0.302 e. The Bertz CT molecular complexity index is 573. The van der Waals surface area contributed by atoms with E-state index in [4.69, 9.17) is 14.2 Å². The van der Waals surface area contributed by atoms with Crippen molar-refractivity contribution in [2.45, 2.75) is 20.1 Å². The summed E-state index contributed by atoms with van der Waals surface area (Å²) in [6, 6.07) is 15.2. The Morgan fingerprint density at radius 3 is 1.90 bits per heavy atom. The summed E-state index contributed by atoms with van der Waals surface area (Å²) in [5.74, 6) is 1.32.